The Labute approximate surface area is 119 Å². The summed E-state index contributed by atoms with van der Waals surface area (Å²) in [4.78, 5) is 22.9. The first-order valence-electron chi connectivity index (χ1n) is 6.74. The maximum Gasteiger partial charge on any atom is 0.306 e. The van der Waals surface area contributed by atoms with Gasteiger partial charge in [-0.15, -0.1) is 0 Å². The quantitative estimate of drug-likeness (QED) is 0.585. The highest BCUT2D eigenvalue weighted by Crippen LogP contribution is 2.08. The Morgan fingerprint density at radius 3 is 2.50 bits per heavy atom. The summed E-state index contributed by atoms with van der Waals surface area (Å²) in [5, 5.41) is 2.69. The lowest BCUT2D eigenvalue weighted by Gasteiger charge is -2.08. The lowest BCUT2D eigenvalue weighted by Crippen LogP contribution is -2.31. The van der Waals surface area contributed by atoms with E-state index in [-0.39, 0.29) is 24.9 Å². The van der Waals surface area contributed by atoms with Crippen LogP contribution in [-0.2, 0) is 20.7 Å². The minimum absolute atomic E-state index is 0.215. The van der Waals surface area contributed by atoms with Gasteiger partial charge in [0, 0.05) is 18.7 Å². The number of anilines is 1. The van der Waals surface area contributed by atoms with Gasteiger partial charge in [0.1, 0.15) is 0 Å². The van der Waals surface area contributed by atoms with Crippen LogP contribution in [0.3, 0.4) is 0 Å². The zero-order valence-corrected chi connectivity index (χ0v) is 12.0. The van der Waals surface area contributed by atoms with Crippen molar-refractivity contribution in [3.8, 4) is 0 Å². The number of nitrogen functional groups attached to an aromatic ring is 1. The van der Waals surface area contributed by atoms with E-state index in [9.17, 15) is 9.59 Å². The number of hydrogen-bond donors (Lipinski definition) is 2. The van der Waals surface area contributed by atoms with Gasteiger partial charge in [0.15, 0.2) is 6.61 Å². The minimum Gasteiger partial charge on any atom is -0.456 e. The Bertz CT molecular complexity index is 441. The van der Waals surface area contributed by atoms with Crippen LogP contribution in [0.2, 0.25) is 0 Å². The summed E-state index contributed by atoms with van der Waals surface area (Å²) >= 11 is 0. The van der Waals surface area contributed by atoms with Crippen LogP contribution in [0.25, 0.3) is 0 Å². The molecule has 0 fully saturated rings. The Balaban J connectivity index is 2.20. The number of carbonyl (C=O) groups is 2. The van der Waals surface area contributed by atoms with E-state index in [0.717, 1.165) is 5.56 Å². The third-order valence-corrected chi connectivity index (χ3v) is 2.67. The fourth-order valence-electron chi connectivity index (χ4n) is 1.52. The van der Waals surface area contributed by atoms with E-state index in [1.165, 1.54) is 0 Å². The highest BCUT2D eigenvalue weighted by atomic mass is 16.5. The van der Waals surface area contributed by atoms with Crippen LogP contribution in [0.15, 0.2) is 24.3 Å². The summed E-state index contributed by atoms with van der Waals surface area (Å²) in [6, 6.07) is 7.33. The average Bonchev–Trinajstić information content (AvgIpc) is 2.42. The molecular weight excluding hydrogens is 256 g/mol. The summed E-state index contributed by atoms with van der Waals surface area (Å²) in [5.41, 5.74) is 7.28. The molecule has 0 heterocycles. The van der Waals surface area contributed by atoms with Crippen molar-refractivity contribution < 1.29 is 14.3 Å². The maximum atomic E-state index is 11.5. The summed E-state index contributed by atoms with van der Waals surface area (Å²) in [6.07, 6.45) is 0.827. The Hall–Kier alpha value is -2.04. The van der Waals surface area contributed by atoms with Crippen molar-refractivity contribution in [2.24, 2.45) is 5.92 Å². The molecule has 0 spiro atoms. The number of esters is 1. The van der Waals surface area contributed by atoms with Gasteiger partial charge in [-0.05, 0) is 30.0 Å². The highest BCUT2D eigenvalue weighted by molar-refractivity contribution is 5.80. The average molecular weight is 278 g/mol. The van der Waals surface area contributed by atoms with Crippen molar-refractivity contribution in [3.63, 3.8) is 0 Å². The molecule has 0 unspecified atom stereocenters. The van der Waals surface area contributed by atoms with Crippen molar-refractivity contribution >= 4 is 17.6 Å². The number of rotatable bonds is 7. The molecule has 5 heteroatoms. The highest BCUT2D eigenvalue weighted by Gasteiger charge is 2.08. The number of aryl methyl sites for hydroxylation is 1. The SMILES string of the molecule is CC(C)CNC(=O)COC(=O)CCc1ccc(N)cc1. The van der Waals surface area contributed by atoms with Gasteiger partial charge < -0.3 is 15.8 Å². The van der Waals surface area contributed by atoms with Crippen LogP contribution in [-0.4, -0.2) is 25.0 Å². The monoisotopic (exact) mass is 278 g/mol. The number of benzene rings is 1. The fraction of sp³-hybridized carbons (Fsp3) is 0.467. The third-order valence-electron chi connectivity index (χ3n) is 2.67. The Kier molecular flexibility index (Phi) is 6.56. The van der Waals surface area contributed by atoms with Crippen LogP contribution < -0.4 is 11.1 Å². The molecule has 0 aliphatic rings. The number of ether oxygens (including phenoxy) is 1. The van der Waals surface area contributed by atoms with Crippen LogP contribution in [0, 0.1) is 5.92 Å². The van der Waals surface area contributed by atoms with Crippen molar-refractivity contribution in [1.82, 2.24) is 5.32 Å². The number of nitrogens with one attached hydrogen (secondary N) is 1. The van der Waals surface area contributed by atoms with E-state index in [1.54, 1.807) is 12.1 Å². The van der Waals surface area contributed by atoms with Gasteiger partial charge in [0.2, 0.25) is 0 Å². The van der Waals surface area contributed by atoms with Gasteiger partial charge in [0.25, 0.3) is 5.91 Å². The third kappa shape index (κ3) is 6.78. The maximum absolute atomic E-state index is 11.5. The summed E-state index contributed by atoms with van der Waals surface area (Å²) in [7, 11) is 0. The number of amides is 1. The first kappa shape index (κ1) is 16.0. The molecule has 110 valence electrons. The molecule has 0 saturated carbocycles. The van der Waals surface area contributed by atoms with Crippen molar-refractivity contribution in [2.45, 2.75) is 26.7 Å². The molecular formula is C15H22N2O3. The summed E-state index contributed by atoms with van der Waals surface area (Å²) < 4.78 is 4.91. The van der Waals surface area contributed by atoms with Crippen molar-refractivity contribution in [2.75, 3.05) is 18.9 Å². The largest absolute Gasteiger partial charge is 0.456 e. The van der Waals surface area contributed by atoms with E-state index >= 15 is 0 Å². The van der Waals surface area contributed by atoms with E-state index in [1.807, 2.05) is 26.0 Å². The van der Waals surface area contributed by atoms with Gasteiger partial charge in [-0.3, -0.25) is 9.59 Å². The van der Waals surface area contributed by atoms with E-state index in [0.29, 0.717) is 24.6 Å². The van der Waals surface area contributed by atoms with Crippen LogP contribution in [0.1, 0.15) is 25.8 Å². The first-order chi connectivity index (χ1) is 9.47. The summed E-state index contributed by atoms with van der Waals surface area (Å²) in [5.74, 6) is -0.263. The van der Waals surface area contributed by atoms with Gasteiger partial charge in [-0.2, -0.15) is 0 Å². The molecule has 1 amide bonds. The molecule has 0 radical (unpaired) electrons. The first-order valence-corrected chi connectivity index (χ1v) is 6.74. The standard InChI is InChI=1S/C15H22N2O3/c1-11(2)9-17-14(18)10-20-15(19)8-5-12-3-6-13(16)7-4-12/h3-4,6-7,11H,5,8-10,16H2,1-2H3,(H,17,18). The van der Waals surface area contributed by atoms with Gasteiger partial charge in [-0.1, -0.05) is 26.0 Å². The van der Waals surface area contributed by atoms with Gasteiger partial charge >= 0.3 is 5.97 Å². The van der Waals surface area contributed by atoms with Gasteiger partial charge in [0.05, 0.1) is 0 Å². The van der Waals surface area contributed by atoms with Crippen LogP contribution in [0.4, 0.5) is 5.69 Å². The van der Waals surface area contributed by atoms with E-state index < -0.39 is 0 Å². The van der Waals surface area contributed by atoms with Gasteiger partial charge in [-0.25, -0.2) is 0 Å². The normalized spacial score (nSPS) is 10.3. The molecule has 1 aromatic carbocycles. The van der Waals surface area contributed by atoms with E-state index in [4.69, 9.17) is 10.5 Å². The predicted octanol–water partition coefficient (Wildman–Crippen LogP) is 1.52. The number of carbonyl (C=O) groups excluding carboxylic acids is 2. The molecule has 0 aliphatic heterocycles. The zero-order valence-electron chi connectivity index (χ0n) is 12.0. The molecule has 20 heavy (non-hydrogen) atoms. The molecule has 0 bridgehead atoms. The molecule has 0 saturated heterocycles. The lowest BCUT2D eigenvalue weighted by molar-refractivity contribution is -0.148. The summed E-state index contributed by atoms with van der Waals surface area (Å²) in [6.45, 7) is 4.37. The Morgan fingerprint density at radius 2 is 1.90 bits per heavy atom. The number of hydrogen-bond acceptors (Lipinski definition) is 4. The van der Waals surface area contributed by atoms with Crippen molar-refractivity contribution in [3.05, 3.63) is 29.8 Å². The number of nitrogens with two attached hydrogens (primary N) is 1. The van der Waals surface area contributed by atoms with Crippen molar-refractivity contribution in [1.29, 1.82) is 0 Å². The molecule has 1 aromatic rings. The molecule has 0 aromatic heterocycles. The fourth-order valence-corrected chi connectivity index (χ4v) is 1.52. The second-order valence-corrected chi connectivity index (χ2v) is 5.10. The predicted molar refractivity (Wildman–Crippen MR) is 78.0 cm³/mol. The molecule has 3 N–H and O–H groups in total. The zero-order chi connectivity index (χ0) is 15.0. The minimum atomic E-state index is -0.374. The smallest absolute Gasteiger partial charge is 0.306 e. The molecule has 0 aliphatic carbocycles. The topological polar surface area (TPSA) is 81.4 Å². The lowest BCUT2D eigenvalue weighted by atomic mass is 10.1. The van der Waals surface area contributed by atoms with Crippen LogP contribution in [0.5, 0.6) is 0 Å². The van der Waals surface area contributed by atoms with Crippen LogP contribution >= 0.6 is 0 Å². The Morgan fingerprint density at radius 1 is 1.25 bits per heavy atom. The molecule has 1 rings (SSSR count). The van der Waals surface area contributed by atoms with E-state index in [2.05, 4.69) is 5.32 Å². The molecule has 0 atom stereocenters. The second kappa shape index (κ2) is 8.19. The molecule has 5 nitrogen and oxygen atoms in total. The second-order valence-electron chi connectivity index (χ2n) is 5.10.